The molecule has 0 saturated carbocycles. The standard InChI is InChI=1S/C13H16N2O5/c1-3-6-14-13(17)8-20-12-5-4-10(15(18)19)7-11(12)9(2)16/h3-5,7,9,16H,1,6,8H2,2H3,(H,14,17)/t9-/m1/s1. The van der Waals surface area contributed by atoms with Crippen LogP contribution in [0.15, 0.2) is 30.9 Å². The van der Waals surface area contributed by atoms with Gasteiger partial charge < -0.3 is 15.2 Å². The first-order valence-electron chi connectivity index (χ1n) is 5.92. The minimum Gasteiger partial charge on any atom is -0.483 e. The van der Waals surface area contributed by atoms with Crippen LogP contribution in [0.4, 0.5) is 5.69 Å². The summed E-state index contributed by atoms with van der Waals surface area (Å²) in [6.07, 6.45) is 0.589. The molecule has 0 unspecified atom stereocenters. The highest BCUT2D eigenvalue weighted by Crippen LogP contribution is 2.29. The molecule has 7 heteroatoms. The van der Waals surface area contributed by atoms with E-state index in [0.717, 1.165) is 0 Å². The Morgan fingerprint density at radius 1 is 1.65 bits per heavy atom. The number of hydrogen-bond donors (Lipinski definition) is 2. The highest BCUT2D eigenvalue weighted by atomic mass is 16.6. The number of benzene rings is 1. The number of non-ortho nitro benzene ring substituents is 1. The zero-order chi connectivity index (χ0) is 15.1. The summed E-state index contributed by atoms with van der Waals surface area (Å²) < 4.78 is 5.26. The molecule has 0 aliphatic heterocycles. The predicted octanol–water partition coefficient (Wildman–Crippen LogP) is 1.33. The highest BCUT2D eigenvalue weighted by molar-refractivity contribution is 5.77. The van der Waals surface area contributed by atoms with Gasteiger partial charge in [0.05, 0.1) is 11.0 Å². The zero-order valence-corrected chi connectivity index (χ0v) is 11.0. The van der Waals surface area contributed by atoms with Gasteiger partial charge >= 0.3 is 0 Å². The van der Waals surface area contributed by atoms with E-state index in [0.29, 0.717) is 6.54 Å². The van der Waals surface area contributed by atoms with Crippen molar-refractivity contribution in [1.82, 2.24) is 5.32 Å². The number of rotatable bonds is 7. The number of aliphatic hydroxyl groups excluding tert-OH is 1. The molecule has 20 heavy (non-hydrogen) atoms. The summed E-state index contributed by atoms with van der Waals surface area (Å²) in [6.45, 7) is 5.00. The van der Waals surface area contributed by atoms with Crippen molar-refractivity contribution in [2.45, 2.75) is 13.0 Å². The average molecular weight is 280 g/mol. The van der Waals surface area contributed by atoms with Gasteiger partial charge in [-0.1, -0.05) is 6.08 Å². The van der Waals surface area contributed by atoms with Crippen LogP contribution in [-0.2, 0) is 4.79 Å². The summed E-state index contributed by atoms with van der Waals surface area (Å²) in [7, 11) is 0. The Bertz CT molecular complexity index is 513. The van der Waals surface area contributed by atoms with Gasteiger partial charge in [0, 0.05) is 24.2 Å². The molecule has 0 aromatic heterocycles. The molecule has 0 radical (unpaired) electrons. The molecule has 0 aliphatic carbocycles. The quantitative estimate of drug-likeness (QED) is 0.445. The fourth-order valence-corrected chi connectivity index (χ4v) is 1.49. The number of nitro benzene ring substituents is 1. The van der Waals surface area contributed by atoms with Crippen LogP contribution in [0.5, 0.6) is 5.75 Å². The van der Waals surface area contributed by atoms with Crippen LogP contribution in [0.2, 0.25) is 0 Å². The minimum atomic E-state index is -0.943. The number of ether oxygens (including phenoxy) is 1. The monoisotopic (exact) mass is 280 g/mol. The largest absolute Gasteiger partial charge is 0.483 e. The molecule has 0 fully saturated rings. The zero-order valence-electron chi connectivity index (χ0n) is 11.0. The third-order valence-corrected chi connectivity index (χ3v) is 2.46. The number of carbonyl (C=O) groups excluding carboxylic acids is 1. The van der Waals surface area contributed by atoms with Crippen molar-refractivity contribution in [3.05, 3.63) is 46.5 Å². The van der Waals surface area contributed by atoms with Crippen molar-refractivity contribution in [3.63, 3.8) is 0 Å². The van der Waals surface area contributed by atoms with Crippen LogP contribution in [0.3, 0.4) is 0 Å². The minimum absolute atomic E-state index is 0.149. The van der Waals surface area contributed by atoms with Gasteiger partial charge in [0.25, 0.3) is 11.6 Å². The molecule has 2 N–H and O–H groups in total. The van der Waals surface area contributed by atoms with Crippen molar-refractivity contribution in [1.29, 1.82) is 0 Å². The van der Waals surface area contributed by atoms with E-state index in [1.165, 1.54) is 31.2 Å². The number of hydrogen-bond acceptors (Lipinski definition) is 5. The topological polar surface area (TPSA) is 102 Å². The summed E-state index contributed by atoms with van der Waals surface area (Å²) in [5.41, 5.74) is 0.111. The first-order valence-corrected chi connectivity index (χ1v) is 5.92. The van der Waals surface area contributed by atoms with E-state index in [1.54, 1.807) is 0 Å². The Balaban J connectivity index is 2.81. The molecule has 1 atom stereocenters. The molecule has 0 bridgehead atoms. The number of carbonyl (C=O) groups is 1. The average Bonchev–Trinajstić information content (AvgIpc) is 2.42. The predicted molar refractivity (Wildman–Crippen MR) is 72.4 cm³/mol. The van der Waals surface area contributed by atoms with Crippen LogP contribution < -0.4 is 10.1 Å². The molecule has 108 valence electrons. The number of amides is 1. The molecular weight excluding hydrogens is 264 g/mol. The van der Waals surface area contributed by atoms with Crippen LogP contribution >= 0.6 is 0 Å². The third-order valence-electron chi connectivity index (χ3n) is 2.46. The fourth-order valence-electron chi connectivity index (χ4n) is 1.49. The smallest absolute Gasteiger partial charge is 0.270 e. The molecule has 0 heterocycles. The molecule has 1 aromatic carbocycles. The first kappa shape index (κ1) is 15.6. The molecule has 1 amide bonds. The van der Waals surface area contributed by atoms with Gasteiger partial charge in [0.2, 0.25) is 0 Å². The van der Waals surface area contributed by atoms with Crippen LogP contribution in [-0.4, -0.2) is 29.1 Å². The Kier molecular flexibility index (Phi) is 5.67. The van der Waals surface area contributed by atoms with E-state index in [2.05, 4.69) is 11.9 Å². The van der Waals surface area contributed by atoms with E-state index in [4.69, 9.17) is 4.74 Å². The van der Waals surface area contributed by atoms with E-state index >= 15 is 0 Å². The molecule has 7 nitrogen and oxygen atoms in total. The van der Waals surface area contributed by atoms with E-state index in [9.17, 15) is 20.0 Å². The lowest BCUT2D eigenvalue weighted by Crippen LogP contribution is -2.29. The van der Waals surface area contributed by atoms with Gasteiger partial charge in [-0.3, -0.25) is 14.9 Å². The van der Waals surface area contributed by atoms with Gasteiger partial charge in [0.1, 0.15) is 5.75 Å². The third kappa shape index (κ3) is 4.36. The Morgan fingerprint density at radius 3 is 2.90 bits per heavy atom. The Morgan fingerprint density at radius 2 is 2.35 bits per heavy atom. The molecule has 1 rings (SSSR count). The van der Waals surface area contributed by atoms with Crippen LogP contribution in [0.25, 0.3) is 0 Å². The van der Waals surface area contributed by atoms with Crippen LogP contribution in [0.1, 0.15) is 18.6 Å². The normalized spacial score (nSPS) is 11.5. The second kappa shape index (κ2) is 7.25. The van der Waals surface area contributed by atoms with E-state index in [1.807, 2.05) is 0 Å². The Labute approximate surface area is 116 Å². The molecule has 1 aromatic rings. The van der Waals surface area contributed by atoms with Crippen molar-refractivity contribution in [2.75, 3.05) is 13.2 Å². The maximum atomic E-state index is 11.4. The summed E-state index contributed by atoms with van der Waals surface area (Å²) in [5.74, 6) is -0.112. The molecular formula is C13H16N2O5. The lowest BCUT2D eigenvalue weighted by molar-refractivity contribution is -0.385. The Hall–Kier alpha value is -2.41. The number of nitro groups is 1. The summed E-state index contributed by atoms with van der Waals surface area (Å²) in [5, 5.41) is 22.8. The van der Waals surface area contributed by atoms with Gasteiger partial charge in [0.15, 0.2) is 6.61 Å². The molecule has 0 spiro atoms. The summed E-state index contributed by atoms with van der Waals surface area (Å²) >= 11 is 0. The number of aliphatic hydroxyl groups is 1. The van der Waals surface area contributed by atoms with Gasteiger partial charge in [-0.05, 0) is 13.0 Å². The second-order valence-electron chi connectivity index (χ2n) is 4.04. The summed E-state index contributed by atoms with van der Waals surface area (Å²) in [4.78, 5) is 21.5. The molecule has 0 aliphatic rings. The maximum absolute atomic E-state index is 11.4. The molecule has 0 saturated heterocycles. The first-order chi connectivity index (χ1) is 9.45. The van der Waals surface area contributed by atoms with Gasteiger partial charge in [-0.15, -0.1) is 6.58 Å². The second-order valence-corrected chi connectivity index (χ2v) is 4.04. The van der Waals surface area contributed by atoms with E-state index < -0.39 is 11.0 Å². The van der Waals surface area contributed by atoms with Gasteiger partial charge in [-0.25, -0.2) is 0 Å². The van der Waals surface area contributed by atoms with Crippen molar-refractivity contribution >= 4 is 11.6 Å². The SMILES string of the molecule is C=CCNC(=O)COc1ccc([N+](=O)[O-])cc1[C@@H](C)O. The van der Waals surface area contributed by atoms with Crippen molar-refractivity contribution in [3.8, 4) is 5.75 Å². The van der Waals surface area contributed by atoms with Crippen LogP contribution in [0, 0.1) is 10.1 Å². The fraction of sp³-hybridized carbons (Fsp3) is 0.308. The lowest BCUT2D eigenvalue weighted by Gasteiger charge is -2.13. The van der Waals surface area contributed by atoms with Crippen molar-refractivity contribution in [2.24, 2.45) is 0 Å². The summed E-state index contributed by atoms with van der Waals surface area (Å²) in [6, 6.07) is 3.84. The maximum Gasteiger partial charge on any atom is 0.270 e. The van der Waals surface area contributed by atoms with Crippen molar-refractivity contribution < 1.29 is 19.6 Å². The lowest BCUT2D eigenvalue weighted by atomic mass is 10.1. The number of nitrogens with zero attached hydrogens (tertiary/aromatic N) is 1. The van der Waals surface area contributed by atoms with E-state index in [-0.39, 0.29) is 29.5 Å². The van der Waals surface area contributed by atoms with Gasteiger partial charge in [-0.2, -0.15) is 0 Å². The highest BCUT2D eigenvalue weighted by Gasteiger charge is 2.16. The number of nitrogens with one attached hydrogen (secondary N) is 1.